The van der Waals surface area contributed by atoms with Gasteiger partial charge in [-0.1, -0.05) is 29.3 Å². The number of rotatable bonds is 4. The second-order valence-corrected chi connectivity index (χ2v) is 8.97. The van der Waals surface area contributed by atoms with Gasteiger partial charge in [-0.3, -0.25) is 9.59 Å². The van der Waals surface area contributed by atoms with Crippen molar-refractivity contribution in [1.29, 1.82) is 0 Å². The maximum Gasteiger partial charge on any atom is 0.416 e. The summed E-state index contributed by atoms with van der Waals surface area (Å²) >= 11 is 5.88. The monoisotopic (exact) mass is 460 g/mol. The SMILES string of the molecule is Cc1ccc(S(=O)(=O)N2C(=O)CCC2C(=O)Nc2cc(C(F)(F)F)ccc2Cl)cc1. The quantitative estimate of drug-likeness (QED) is 0.748. The lowest BCUT2D eigenvalue weighted by atomic mass is 10.1. The van der Waals surface area contributed by atoms with Crippen molar-refractivity contribution >= 4 is 39.1 Å². The Labute approximate surface area is 175 Å². The standard InChI is InChI=1S/C19H16ClF3N2O4S/c1-11-2-5-13(6-3-11)30(28,29)25-16(8-9-17(25)26)18(27)24-15-10-12(19(21,22)23)4-7-14(15)20/h2-7,10,16H,8-9H2,1H3,(H,24,27). The molecule has 0 bridgehead atoms. The minimum atomic E-state index is -4.66. The van der Waals surface area contributed by atoms with E-state index in [2.05, 4.69) is 5.32 Å². The average molecular weight is 461 g/mol. The zero-order valence-electron chi connectivity index (χ0n) is 15.5. The van der Waals surface area contributed by atoms with E-state index in [1.54, 1.807) is 19.1 Å². The molecule has 0 aliphatic carbocycles. The topological polar surface area (TPSA) is 83.6 Å². The highest BCUT2D eigenvalue weighted by molar-refractivity contribution is 7.89. The Morgan fingerprint density at radius 3 is 2.40 bits per heavy atom. The maximum atomic E-state index is 12.9. The average Bonchev–Trinajstić information content (AvgIpc) is 3.05. The van der Waals surface area contributed by atoms with Gasteiger partial charge in [-0.05, 0) is 43.7 Å². The first-order valence-corrected chi connectivity index (χ1v) is 10.5. The molecule has 1 aliphatic rings. The minimum absolute atomic E-state index is 0.105. The van der Waals surface area contributed by atoms with Gasteiger partial charge in [0, 0.05) is 6.42 Å². The van der Waals surface area contributed by atoms with Crippen molar-refractivity contribution in [2.24, 2.45) is 0 Å². The predicted octanol–water partition coefficient (Wildman–Crippen LogP) is 3.99. The Kier molecular flexibility index (Phi) is 5.83. The van der Waals surface area contributed by atoms with Crippen molar-refractivity contribution in [3.05, 3.63) is 58.6 Å². The highest BCUT2D eigenvalue weighted by Crippen LogP contribution is 2.35. The molecule has 160 valence electrons. The molecule has 1 N–H and O–H groups in total. The highest BCUT2D eigenvalue weighted by Gasteiger charge is 2.44. The van der Waals surface area contributed by atoms with Crippen molar-refractivity contribution in [2.75, 3.05) is 5.32 Å². The second-order valence-electron chi connectivity index (χ2n) is 6.74. The number of sulfonamides is 1. The maximum absolute atomic E-state index is 12.9. The van der Waals surface area contributed by atoms with Crippen molar-refractivity contribution < 1.29 is 31.2 Å². The zero-order valence-corrected chi connectivity index (χ0v) is 17.1. The van der Waals surface area contributed by atoms with E-state index in [4.69, 9.17) is 11.6 Å². The Morgan fingerprint density at radius 2 is 1.80 bits per heavy atom. The number of hydrogen-bond donors (Lipinski definition) is 1. The smallest absolute Gasteiger partial charge is 0.323 e. The molecule has 1 aliphatic heterocycles. The Bertz CT molecular complexity index is 1100. The molecular weight excluding hydrogens is 445 g/mol. The van der Waals surface area contributed by atoms with Crippen LogP contribution in [0.25, 0.3) is 0 Å². The fraction of sp³-hybridized carbons (Fsp3) is 0.263. The molecule has 11 heteroatoms. The summed E-state index contributed by atoms with van der Waals surface area (Å²) in [6.07, 6.45) is -4.96. The fourth-order valence-corrected chi connectivity index (χ4v) is 4.81. The van der Waals surface area contributed by atoms with Crippen LogP contribution in [0.2, 0.25) is 5.02 Å². The molecule has 0 saturated carbocycles. The van der Waals surface area contributed by atoms with Gasteiger partial charge in [-0.2, -0.15) is 13.2 Å². The van der Waals surface area contributed by atoms with E-state index in [1.807, 2.05) is 0 Å². The van der Waals surface area contributed by atoms with E-state index in [9.17, 15) is 31.2 Å². The van der Waals surface area contributed by atoms with E-state index < -0.39 is 39.6 Å². The van der Waals surface area contributed by atoms with E-state index in [0.29, 0.717) is 10.4 Å². The largest absolute Gasteiger partial charge is 0.416 e. The second kappa shape index (κ2) is 7.92. The molecule has 2 aromatic rings. The lowest BCUT2D eigenvalue weighted by Crippen LogP contribution is -2.45. The highest BCUT2D eigenvalue weighted by atomic mass is 35.5. The first-order chi connectivity index (χ1) is 13.9. The van der Waals surface area contributed by atoms with Gasteiger partial charge in [-0.15, -0.1) is 0 Å². The third-order valence-corrected chi connectivity index (χ3v) is 6.77. The predicted molar refractivity (Wildman–Crippen MR) is 103 cm³/mol. The van der Waals surface area contributed by atoms with Crippen LogP contribution in [0.3, 0.4) is 0 Å². The number of halogens is 4. The summed E-state index contributed by atoms with van der Waals surface area (Å²) in [4.78, 5) is 24.8. The minimum Gasteiger partial charge on any atom is -0.323 e. The number of hydrogen-bond acceptors (Lipinski definition) is 4. The molecule has 2 aromatic carbocycles. The number of carbonyl (C=O) groups excluding carboxylic acids is 2. The summed E-state index contributed by atoms with van der Waals surface area (Å²) in [7, 11) is -4.32. The first-order valence-electron chi connectivity index (χ1n) is 8.73. The summed E-state index contributed by atoms with van der Waals surface area (Å²) in [5.74, 6) is -1.72. The number of anilines is 1. The Hall–Kier alpha value is -2.59. The van der Waals surface area contributed by atoms with E-state index in [-0.39, 0.29) is 28.4 Å². The summed E-state index contributed by atoms with van der Waals surface area (Å²) in [5, 5.41) is 2.06. The van der Waals surface area contributed by atoms with Crippen LogP contribution in [0.4, 0.5) is 18.9 Å². The van der Waals surface area contributed by atoms with Gasteiger partial charge in [0.05, 0.1) is 21.2 Å². The molecule has 1 heterocycles. The van der Waals surface area contributed by atoms with Crippen LogP contribution in [0.15, 0.2) is 47.4 Å². The molecule has 2 amide bonds. The molecule has 3 rings (SSSR count). The summed E-state index contributed by atoms with van der Waals surface area (Å²) in [6, 6.07) is 6.69. The van der Waals surface area contributed by atoms with Crippen LogP contribution in [-0.2, 0) is 25.8 Å². The van der Waals surface area contributed by atoms with Gasteiger partial charge in [-0.25, -0.2) is 12.7 Å². The number of nitrogens with one attached hydrogen (secondary N) is 1. The number of aryl methyl sites for hydroxylation is 1. The lowest BCUT2D eigenvalue weighted by Gasteiger charge is -2.24. The van der Waals surface area contributed by atoms with Crippen LogP contribution in [0.1, 0.15) is 24.0 Å². The third-order valence-electron chi connectivity index (χ3n) is 4.59. The molecule has 0 spiro atoms. The summed E-state index contributed by atoms with van der Waals surface area (Å²) in [5.41, 5.74) is -0.562. The molecule has 1 fully saturated rings. The van der Waals surface area contributed by atoms with Crippen LogP contribution in [0.5, 0.6) is 0 Å². The molecule has 1 atom stereocenters. The molecule has 1 saturated heterocycles. The van der Waals surface area contributed by atoms with E-state index in [0.717, 1.165) is 17.7 Å². The van der Waals surface area contributed by atoms with Gasteiger partial charge in [0.2, 0.25) is 11.8 Å². The molecule has 0 radical (unpaired) electrons. The Balaban J connectivity index is 1.91. The van der Waals surface area contributed by atoms with Crippen molar-refractivity contribution in [2.45, 2.75) is 36.9 Å². The van der Waals surface area contributed by atoms with Crippen molar-refractivity contribution in [1.82, 2.24) is 4.31 Å². The van der Waals surface area contributed by atoms with Gasteiger partial charge in [0.1, 0.15) is 6.04 Å². The number of benzene rings is 2. The van der Waals surface area contributed by atoms with Crippen LogP contribution in [0, 0.1) is 6.92 Å². The third kappa shape index (κ3) is 4.29. The van der Waals surface area contributed by atoms with Crippen LogP contribution in [-0.4, -0.2) is 30.6 Å². The van der Waals surface area contributed by atoms with Crippen LogP contribution >= 0.6 is 11.6 Å². The van der Waals surface area contributed by atoms with Gasteiger partial charge in [0.25, 0.3) is 10.0 Å². The van der Waals surface area contributed by atoms with Crippen molar-refractivity contribution in [3.8, 4) is 0 Å². The number of alkyl halides is 3. The normalized spacial score (nSPS) is 17.3. The van der Waals surface area contributed by atoms with Gasteiger partial charge >= 0.3 is 6.18 Å². The van der Waals surface area contributed by atoms with Crippen LogP contribution < -0.4 is 5.32 Å². The first kappa shape index (κ1) is 22.1. The number of carbonyl (C=O) groups is 2. The lowest BCUT2D eigenvalue weighted by molar-refractivity contribution is -0.137. The molecule has 6 nitrogen and oxygen atoms in total. The van der Waals surface area contributed by atoms with Crippen molar-refractivity contribution in [3.63, 3.8) is 0 Å². The van der Waals surface area contributed by atoms with E-state index >= 15 is 0 Å². The molecular formula is C19H16ClF3N2O4S. The Morgan fingerprint density at radius 1 is 1.17 bits per heavy atom. The zero-order chi connectivity index (χ0) is 22.3. The van der Waals surface area contributed by atoms with E-state index in [1.165, 1.54) is 12.1 Å². The summed E-state index contributed by atoms with van der Waals surface area (Å²) < 4.78 is 65.1. The number of nitrogens with zero attached hydrogens (tertiary/aromatic N) is 1. The number of amides is 2. The van der Waals surface area contributed by atoms with Gasteiger partial charge in [0.15, 0.2) is 0 Å². The summed E-state index contributed by atoms with van der Waals surface area (Å²) in [6.45, 7) is 1.76. The molecule has 0 aromatic heterocycles. The molecule has 1 unspecified atom stereocenters. The molecule has 30 heavy (non-hydrogen) atoms. The van der Waals surface area contributed by atoms with Gasteiger partial charge < -0.3 is 5.32 Å². The fourth-order valence-electron chi connectivity index (χ4n) is 3.04.